The Hall–Kier alpha value is -1.50. The van der Waals surface area contributed by atoms with Crippen LogP contribution in [0.2, 0.25) is 5.02 Å². The van der Waals surface area contributed by atoms with E-state index in [0.29, 0.717) is 42.0 Å². The summed E-state index contributed by atoms with van der Waals surface area (Å²) in [5.74, 6) is 1.90. The van der Waals surface area contributed by atoms with Gasteiger partial charge >= 0.3 is 0 Å². The second kappa shape index (κ2) is 6.83. The molecule has 3 aliphatic heterocycles. The van der Waals surface area contributed by atoms with E-state index in [2.05, 4.69) is 18.7 Å². The Kier molecular flexibility index (Phi) is 4.77. The van der Waals surface area contributed by atoms with Gasteiger partial charge in [0.05, 0.1) is 32.9 Å². The molecule has 3 saturated heterocycles. The van der Waals surface area contributed by atoms with Gasteiger partial charge in [-0.3, -0.25) is 9.69 Å². The molecule has 3 aliphatic rings. The molecule has 3 fully saturated rings. The maximum atomic E-state index is 12.8. The number of carbonyl (C=O) groups is 1. The quantitative estimate of drug-likeness (QED) is 0.768. The number of halogens is 1. The Bertz CT molecular complexity index is 756. The summed E-state index contributed by atoms with van der Waals surface area (Å²) in [6.07, 6.45) is 1.34. The molecular weight excluding hydrogens is 368 g/mol. The molecule has 0 bridgehead atoms. The topological polar surface area (TPSA) is 51.2 Å². The second-order valence-corrected chi connectivity index (χ2v) is 8.41. The summed E-state index contributed by atoms with van der Waals surface area (Å²) in [7, 11) is 3.24. The van der Waals surface area contributed by atoms with Crippen molar-refractivity contribution in [3.8, 4) is 11.5 Å². The molecule has 3 atom stereocenters. The van der Waals surface area contributed by atoms with Gasteiger partial charge in [-0.1, -0.05) is 25.4 Å². The van der Waals surface area contributed by atoms with Crippen molar-refractivity contribution in [2.75, 3.05) is 27.4 Å². The van der Waals surface area contributed by atoms with E-state index >= 15 is 0 Å². The van der Waals surface area contributed by atoms with Gasteiger partial charge in [0.2, 0.25) is 5.91 Å². The Morgan fingerprint density at radius 1 is 1.33 bits per heavy atom. The maximum absolute atomic E-state index is 12.8. The first kappa shape index (κ1) is 18.8. The van der Waals surface area contributed by atoms with Gasteiger partial charge in [-0.25, -0.2) is 0 Å². The largest absolute Gasteiger partial charge is 0.493 e. The molecule has 6 nitrogen and oxygen atoms in total. The first-order valence-electron chi connectivity index (χ1n) is 9.52. The van der Waals surface area contributed by atoms with Crippen molar-refractivity contribution in [3.63, 3.8) is 0 Å². The molecule has 1 aromatic carbocycles. The second-order valence-electron chi connectivity index (χ2n) is 7.97. The molecule has 7 heteroatoms. The highest BCUT2D eigenvalue weighted by molar-refractivity contribution is 6.30. The first-order chi connectivity index (χ1) is 12.9. The number of benzene rings is 1. The molecular formula is C20H27ClN2O4. The number of nitrogens with zero attached hydrogens (tertiary/aromatic N) is 2. The van der Waals surface area contributed by atoms with Crippen LogP contribution in [0.5, 0.6) is 11.5 Å². The minimum Gasteiger partial charge on any atom is -0.493 e. The van der Waals surface area contributed by atoms with Crippen LogP contribution < -0.4 is 9.47 Å². The predicted molar refractivity (Wildman–Crippen MR) is 102 cm³/mol. The van der Waals surface area contributed by atoms with Gasteiger partial charge in [-0.2, -0.15) is 0 Å². The zero-order valence-electron chi connectivity index (χ0n) is 16.3. The molecule has 1 aromatic rings. The van der Waals surface area contributed by atoms with Crippen molar-refractivity contribution >= 4 is 17.5 Å². The van der Waals surface area contributed by atoms with Crippen LogP contribution in [-0.4, -0.2) is 60.9 Å². The summed E-state index contributed by atoms with van der Waals surface area (Å²) < 4.78 is 17.3. The third-order valence-corrected chi connectivity index (χ3v) is 6.48. The Labute approximate surface area is 165 Å². The molecule has 0 aliphatic carbocycles. The molecule has 1 spiro atoms. The summed E-state index contributed by atoms with van der Waals surface area (Å²) in [6.45, 7) is 6.45. The van der Waals surface area contributed by atoms with Gasteiger partial charge in [0.25, 0.3) is 0 Å². The van der Waals surface area contributed by atoms with E-state index in [-0.39, 0.29) is 18.0 Å². The number of hydrogen-bond donors (Lipinski definition) is 0. The summed E-state index contributed by atoms with van der Waals surface area (Å²) in [5, 5.41) is 0.609. The number of likely N-dealkylation sites (tertiary alicyclic amines) is 1. The van der Waals surface area contributed by atoms with Crippen molar-refractivity contribution < 1.29 is 19.0 Å². The van der Waals surface area contributed by atoms with Crippen molar-refractivity contribution in [3.05, 3.63) is 22.7 Å². The Balaban J connectivity index is 1.62. The summed E-state index contributed by atoms with van der Waals surface area (Å²) in [6, 6.07) is 3.89. The smallest absolute Gasteiger partial charge is 0.226 e. The fourth-order valence-corrected chi connectivity index (χ4v) is 5.22. The van der Waals surface area contributed by atoms with E-state index in [0.717, 1.165) is 18.5 Å². The van der Waals surface area contributed by atoms with Gasteiger partial charge in [-0.05, 0) is 12.0 Å². The number of hydrogen-bond acceptors (Lipinski definition) is 5. The van der Waals surface area contributed by atoms with Gasteiger partial charge in [-0.15, -0.1) is 0 Å². The SMILES string of the molecule is COc1cc(Cl)cc(CN2CC[C@@]34OC[C@@H](C(C)C)N3C(=O)C[C@@H]24)c1OC. The third-order valence-electron chi connectivity index (χ3n) is 6.26. The lowest BCUT2D eigenvalue weighted by Crippen LogP contribution is -2.50. The van der Waals surface area contributed by atoms with Crippen LogP contribution in [0.4, 0.5) is 0 Å². The molecule has 0 N–H and O–H groups in total. The summed E-state index contributed by atoms with van der Waals surface area (Å²) >= 11 is 6.28. The highest BCUT2D eigenvalue weighted by atomic mass is 35.5. The van der Waals surface area contributed by atoms with Crippen LogP contribution in [0.25, 0.3) is 0 Å². The van der Waals surface area contributed by atoms with E-state index in [9.17, 15) is 4.79 Å². The van der Waals surface area contributed by atoms with Crippen LogP contribution in [-0.2, 0) is 16.1 Å². The minimum absolute atomic E-state index is 0.0587. The van der Waals surface area contributed by atoms with Crippen LogP contribution in [0.1, 0.15) is 32.3 Å². The molecule has 27 heavy (non-hydrogen) atoms. The summed E-state index contributed by atoms with van der Waals surface area (Å²) in [4.78, 5) is 17.2. The zero-order valence-corrected chi connectivity index (χ0v) is 17.1. The number of methoxy groups -OCH3 is 2. The van der Waals surface area contributed by atoms with Crippen molar-refractivity contribution in [2.45, 2.75) is 51.0 Å². The van der Waals surface area contributed by atoms with Gasteiger partial charge in [0, 0.05) is 42.6 Å². The minimum atomic E-state index is -0.470. The normalized spacial score (nSPS) is 30.1. The molecule has 3 heterocycles. The van der Waals surface area contributed by atoms with Crippen LogP contribution in [0.15, 0.2) is 12.1 Å². The van der Waals surface area contributed by atoms with E-state index in [4.69, 9.17) is 25.8 Å². The molecule has 0 unspecified atom stereocenters. The van der Waals surface area contributed by atoms with Crippen molar-refractivity contribution in [1.82, 2.24) is 9.80 Å². The molecule has 0 radical (unpaired) electrons. The standard InChI is InChI=1S/C20H27ClN2O4/c1-12(2)15-11-27-20-5-6-22(17(20)9-18(24)23(15)20)10-13-7-14(21)8-16(25-3)19(13)26-4/h7-8,12,15,17H,5-6,9-11H2,1-4H3/t15-,17+,20-/m0/s1. The van der Waals surface area contributed by atoms with Crippen LogP contribution in [0.3, 0.4) is 0 Å². The average Bonchev–Trinajstić information content (AvgIpc) is 3.25. The highest BCUT2D eigenvalue weighted by Crippen LogP contribution is 2.49. The van der Waals surface area contributed by atoms with E-state index in [1.54, 1.807) is 20.3 Å². The fourth-order valence-electron chi connectivity index (χ4n) is 4.99. The highest BCUT2D eigenvalue weighted by Gasteiger charge is 2.64. The van der Waals surface area contributed by atoms with Gasteiger partial charge < -0.3 is 19.1 Å². The van der Waals surface area contributed by atoms with E-state index in [1.807, 2.05) is 11.0 Å². The molecule has 0 saturated carbocycles. The lowest BCUT2D eigenvalue weighted by molar-refractivity contribution is -0.139. The monoisotopic (exact) mass is 394 g/mol. The van der Waals surface area contributed by atoms with Crippen molar-refractivity contribution in [1.29, 1.82) is 0 Å². The number of ether oxygens (including phenoxy) is 3. The number of amides is 1. The van der Waals surface area contributed by atoms with Crippen LogP contribution in [0, 0.1) is 5.92 Å². The zero-order chi connectivity index (χ0) is 19.3. The molecule has 4 rings (SSSR count). The molecule has 148 valence electrons. The van der Waals surface area contributed by atoms with Crippen LogP contribution >= 0.6 is 11.6 Å². The van der Waals surface area contributed by atoms with Gasteiger partial charge in [0.15, 0.2) is 17.2 Å². The number of carbonyl (C=O) groups excluding carboxylic acids is 1. The lowest BCUT2D eigenvalue weighted by Gasteiger charge is -2.34. The third kappa shape index (κ3) is 2.80. The number of rotatable bonds is 5. The predicted octanol–water partition coefficient (Wildman–Crippen LogP) is 2.91. The van der Waals surface area contributed by atoms with E-state index < -0.39 is 5.72 Å². The van der Waals surface area contributed by atoms with E-state index in [1.165, 1.54) is 0 Å². The maximum Gasteiger partial charge on any atom is 0.226 e. The van der Waals surface area contributed by atoms with Crippen molar-refractivity contribution in [2.24, 2.45) is 5.92 Å². The van der Waals surface area contributed by atoms with Gasteiger partial charge in [0.1, 0.15) is 0 Å². The molecule has 1 amide bonds. The Morgan fingerprint density at radius 3 is 2.78 bits per heavy atom. The first-order valence-corrected chi connectivity index (χ1v) is 9.89. The molecule has 0 aromatic heterocycles. The lowest BCUT2D eigenvalue weighted by atomic mass is 10.0. The summed E-state index contributed by atoms with van der Waals surface area (Å²) in [5.41, 5.74) is 0.491. The average molecular weight is 395 g/mol. The Morgan fingerprint density at radius 2 is 2.11 bits per heavy atom. The fraction of sp³-hybridized carbons (Fsp3) is 0.650.